The van der Waals surface area contributed by atoms with Crippen molar-refractivity contribution in [1.29, 1.82) is 0 Å². The van der Waals surface area contributed by atoms with E-state index < -0.39 is 5.97 Å². The lowest BCUT2D eigenvalue weighted by Gasteiger charge is -2.34. The number of esters is 1. The zero-order valence-corrected chi connectivity index (χ0v) is 16.2. The van der Waals surface area contributed by atoms with Crippen LogP contribution in [0.1, 0.15) is 48.7 Å². The molecule has 1 aliphatic heterocycles. The molecular weight excluding hydrogens is 354 g/mol. The molecule has 1 aromatic heterocycles. The maximum Gasteiger partial charge on any atom is 0.337 e. The molecule has 0 bridgehead atoms. The fourth-order valence-electron chi connectivity index (χ4n) is 3.99. The number of Topliss-reactive ketones (excluding diaryl/α,β-unsaturated/α-hetero) is 1. The summed E-state index contributed by atoms with van der Waals surface area (Å²) in [7, 11) is 1.36. The molecule has 2 aliphatic rings. The number of pyridine rings is 1. The Morgan fingerprint density at radius 2 is 2.04 bits per heavy atom. The molecule has 0 saturated heterocycles. The van der Waals surface area contributed by atoms with Crippen LogP contribution in [0, 0.1) is 5.41 Å². The Balaban J connectivity index is 1.86. The van der Waals surface area contributed by atoms with Crippen LogP contribution in [0.3, 0.4) is 0 Å². The van der Waals surface area contributed by atoms with Crippen LogP contribution in [0.2, 0.25) is 0 Å². The SMILES string of the molecule is COC(=O)c1ccc2c(c1)NC1=C(C(=O)CC(C)(C)C1)[C@H](c1cccnc1)N2. The van der Waals surface area contributed by atoms with E-state index in [0.717, 1.165) is 34.6 Å². The molecule has 1 atom stereocenters. The fraction of sp³-hybridized carbons (Fsp3) is 0.318. The van der Waals surface area contributed by atoms with Crippen molar-refractivity contribution in [2.45, 2.75) is 32.7 Å². The smallest absolute Gasteiger partial charge is 0.337 e. The number of carbonyl (C=O) groups is 2. The Bertz CT molecular complexity index is 980. The number of nitrogens with one attached hydrogen (secondary N) is 2. The van der Waals surface area contributed by atoms with Crippen molar-refractivity contribution < 1.29 is 14.3 Å². The molecule has 4 rings (SSSR count). The van der Waals surface area contributed by atoms with Crippen molar-refractivity contribution in [2.75, 3.05) is 17.7 Å². The average molecular weight is 377 g/mol. The normalized spacial score (nSPS) is 20.2. The Morgan fingerprint density at radius 1 is 1.21 bits per heavy atom. The highest BCUT2D eigenvalue weighted by Crippen LogP contribution is 2.45. The number of methoxy groups -OCH3 is 1. The molecular formula is C22H23N3O3. The van der Waals surface area contributed by atoms with Crippen LogP contribution in [-0.4, -0.2) is 23.8 Å². The Labute approximate surface area is 164 Å². The number of ketones is 1. The standard InChI is InChI=1S/C22H23N3O3/c1-22(2)10-17-19(18(26)11-22)20(14-5-4-8-23-12-14)25-15-7-6-13(21(27)28-3)9-16(15)24-17/h4-9,12,20,24-25H,10-11H2,1-3H3/t20-/m0/s1. The minimum absolute atomic E-state index is 0.126. The summed E-state index contributed by atoms with van der Waals surface area (Å²) < 4.78 is 4.84. The molecule has 1 aromatic carbocycles. The van der Waals surface area contributed by atoms with Crippen LogP contribution >= 0.6 is 0 Å². The van der Waals surface area contributed by atoms with Crippen LogP contribution in [0.5, 0.6) is 0 Å². The van der Waals surface area contributed by atoms with Gasteiger partial charge in [0.15, 0.2) is 5.78 Å². The van der Waals surface area contributed by atoms with Gasteiger partial charge in [0, 0.05) is 30.1 Å². The molecule has 1 aliphatic carbocycles. The van der Waals surface area contributed by atoms with Gasteiger partial charge in [-0.25, -0.2) is 4.79 Å². The van der Waals surface area contributed by atoms with Crippen molar-refractivity contribution in [1.82, 2.24) is 4.98 Å². The second-order valence-corrected chi connectivity index (χ2v) is 8.07. The van der Waals surface area contributed by atoms with Crippen molar-refractivity contribution >= 4 is 23.1 Å². The quantitative estimate of drug-likeness (QED) is 0.768. The third-order valence-corrected chi connectivity index (χ3v) is 5.25. The Kier molecular flexibility index (Phi) is 4.41. The van der Waals surface area contributed by atoms with Gasteiger partial charge in [-0.05, 0) is 41.7 Å². The first kappa shape index (κ1) is 18.2. The number of fused-ring (bicyclic) bond motifs is 1. The number of allylic oxidation sites excluding steroid dienone is 1. The first-order valence-electron chi connectivity index (χ1n) is 9.30. The van der Waals surface area contributed by atoms with Gasteiger partial charge in [-0.2, -0.15) is 0 Å². The van der Waals surface area contributed by atoms with Crippen molar-refractivity contribution in [3.63, 3.8) is 0 Å². The van der Waals surface area contributed by atoms with E-state index in [1.54, 1.807) is 24.5 Å². The molecule has 6 heteroatoms. The lowest BCUT2D eigenvalue weighted by atomic mass is 9.73. The molecule has 2 heterocycles. The van der Waals surface area contributed by atoms with Crippen LogP contribution < -0.4 is 10.6 Å². The van der Waals surface area contributed by atoms with E-state index in [1.165, 1.54) is 7.11 Å². The molecule has 0 unspecified atom stereocenters. The summed E-state index contributed by atoms with van der Waals surface area (Å²) in [5.74, 6) is -0.270. The van der Waals surface area contributed by atoms with Gasteiger partial charge >= 0.3 is 5.97 Å². The summed E-state index contributed by atoms with van der Waals surface area (Å²) >= 11 is 0. The summed E-state index contributed by atoms with van der Waals surface area (Å²) in [5.41, 5.74) is 4.46. The number of aromatic nitrogens is 1. The van der Waals surface area contributed by atoms with Crippen LogP contribution in [0.4, 0.5) is 11.4 Å². The van der Waals surface area contributed by atoms with Crippen molar-refractivity contribution in [3.8, 4) is 0 Å². The predicted octanol–water partition coefficient (Wildman–Crippen LogP) is 4.09. The molecule has 2 aromatic rings. The number of ether oxygens (including phenoxy) is 1. The summed E-state index contributed by atoms with van der Waals surface area (Å²) in [4.78, 5) is 29.3. The second kappa shape index (κ2) is 6.78. The molecule has 0 spiro atoms. The molecule has 0 amide bonds. The molecule has 6 nitrogen and oxygen atoms in total. The van der Waals surface area contributed by atoms with Gasteiger partial charge < -0.3 is 15.4 Å². The number of nitrogens with zero attached hydrogens (tertiary/aromatic N) is 1. The molecule has 144 valence electrons. The third kappa shape index (κ3) is 3.26. The third-order valence-electron chi connectivity index (χ3n) is 5.25. The van der Waals surface area contributed by atoms with Gasteiger partial charge in [0.1, 0.15) is 0 Å². The zero-order chi connectivity index (χ0) is 19.9. The Morgan fingerprint density at radius 3 is 2.75 bits per heavy atom. The number of rotatable bonds is 2. The summed E-state index contributed by atoms with van der Waals surface area (Å²) in [5, 5.41) is 6.92. The lowest BCUT2D eigenvalue weighted by molar-refractivity contribution is -0.118. The number of carbonyl (C=O) groups excluding carboxylic acids is 2. The van der Waals surface area contributed by atoms with Crippen molar-refractivity contribution in [2.24, 2.45) is 5.41 Å². The zero-order valence-electron chi connectivity index (χ0n) is 16.2. The summed E-state index contributed by atoms with van der Waals surface area (Å²) in [6.45, 7) is 4.19. The molecule has 28 heavy (non-hydrogen) atoms. The molecule has 2 N–H and O–H groups in total. The van der Waals surface area contributed by atoms with Gasteiger partial charge in [-0.15, -0.1) is 0 Å². The van der Waals surface area contributed by atoms with Crippen LogP contribution in [0.15, 0.2) is 54.0 Å². The van der Waals surface area contributed by atoms with E-state index in [2.05, 4.69) is 29.5 Å². The maximum absolute atomic E-state index is 13.1. The highest BCUT2D eigenvalue weighted by atomic mass is 16.5. The molecule has 0 fully saturated rings. The largest absolute Gasteiger partial charge is 0.465 e. The van der Waals surface area contributed by atoms with E-state index in [9.17, 15) is 9.59 Å². The minimum atomic E-state index is -0.396. The second-order valence-electron chi connectivity index (χ2n) is 8.07. The van der Waals surface area contributed by atoms with Gasteiger partial charge in [0.2, 0.25) is 0 Å². The van der Waals surface area contributed by atoms with E-state index in [0.29, 0.717) is 12.0 Å². The summed E-state index contributed by atoms with van der Waals surface area (Å²) in [6.07, 6.45) is 4.74. The number of benzene rings is 1. The fourth-order valence-corrected chi connectivity index (χ4v) is 3.99. The lowest BCUT2D eigenvalue weighted by Crippen LogP contribution is -2.31. The number of anilines is 2. The topological polar surface area (TPSA) is 80.3 Å². The summed E-state index contributed by atoms with van der Waals surface area (Å²) in [6, 6.07) is 8.85. The van der Waals surface area contributed by atoms with Gasteiger partial charge in [0.25, 0.3) is 0 Å². The van der Waals surface area contributed by atoms with Gasteiger partial charge in [-0.1, -0.05) is 19.9 Å². The van der Waals surface area contributed by atoms with E-state index in [1.807, 2.05) is 18.2 Å². The van der Waals surface area contributed by atoms with Gasteiger partial charge in [-0.3, -0.25) is 9.78 Å². The van der Waals surface area contributed by atoms with Crippen LogP contribution in [0.25, 0.3) is 0 Å². The first-order chi connectivity index (χ1) is 13.4. The minimum Gasteiger partial charge on any atom is -0.465 e. The van der Waals surface area contributed by atoms with Gasteiger partial charge in [0.05, 0.1) is 30.1 Å². The van der Waals surface area contributed by atoms with E-state index in [-0.39, 0.29) is 17.2 Å². The van der Waals surface area contributed by atoms with E-state index in [4.69, 9.17) is 4.74 Å². The van der Waals surface area contributed by atoms with Crippen molar-refractivity contribution in [3.05, 3.63) is 65.1 Å². The monoisotopic (exact) mass is 377 g/mol. The molecule has 0 radical (unpaired) electrons. The predicted molar refractivity (Wildman–Crippen MR) is 107 cm³/mol. The average Bonchev–Trinajstić information content (AvgIpc) is 2.82. The van der Waals surface area contributed by atoms with E-state index >= 15 is 0 Å². The van der Waals surface area contributed by atoms with Crippen LogP contribution in [-0.2, 0) is 9.53 Å². The number of hydrogen-bond acceptors (Lipinski definition) is 6. The Hall–Kier alpha value is -3.15. The number of hydrogen-bond donors (Lipinski definition) is 2. The molecule has 0 saturated carbocycles. The highest BCUT2D eigenvalue weighted by Gasteiger charge is 2.38. The first-order valence-corrected chi connectivity index (χ1v) is 9.30. The maximum atomic E-state index is 13.1. The highest BCUT2D eigenvalue weighted by molar-refractivity contribution is 6.01.